The third-order valence-corrected chi connectivity index (χ3v) is 3.26. The topological polar surface area (TPSA) is 60.2 Å². The second-order valence-corrected chi connectivity index (χ2v) is 4.93. The molecule has 0 saturated heterocycles. The van der Waals surface area contributed by atoms with E-state index in [-0.39, 0.29) is 12.1 Å². The van der Waals surface area contributed by atoms with Crippen molar-refractivity contribution in [3.8, 4) is 0 Å². The molecule has 0 spiro atoms. The van der Waals surface area contributed by atoms with Crippen molar-refractivity contribution < 1.29 is 4.74 Å². The second-order valence-electron chi connectivity index (χ2n) is 4.93. The summed E-state index contributed by atoms with van der Waals surface area (Å²) in [6.07, 6.45) is 3.80. The molecular formula is C14H25N3O. The highest BCUT2D eigenvalue weighted by atomic mass is 16.5. The van der Waals surface area contributed by atoms with E-state index in [9.17, 15) is 0 Å². The van der Waals surface area contributed by atoms with Gasteiger partial charge in [-0.25, -0.2) is 0 Å². The minimum Gasteiger partial charge on any atom is -0.380 e. The van der Waals surface area contributed by atoms with Gasteiger partial charge in [-0.2, -0.15) is 0 Å². The second kappa shape index (κ2) is 7.46. The number of rotatable bonds is 7. The average Bonchev–Trinajstić information content (AvgIpc) is 2.38. The van der Waals surface area contributed by atoms with Crippen molar-refractivity contribution in [2.24, 2.45) is 11.8 Å². The van der Waals surface area contributed by atoms with E-state index in [2.05, 4.69) is 43.3 Å². The zero-order valence-electron chi connectivity index (χ0n) is 11.8. The van der Waals surface area contributed by atoms with Crippen molar-refractivity contribution in [1.29, 1.82) is 0 Å². The van der Waals surface area contributed by atoms with Crippen LogP contribution in [0.4, 0.5) is 0 Å². The molecule has 1 rings (SSSR count). The molecule has 0 aliphatic heterocycles. The molecule has 2 atom stereocenters. The number of nitrogens with two attached hydrogens (primary N) is 1. The Balaban J connectivity index is 2.72. The molecule has 3 N–H and O–H groups in total. The molecular weight excluding hydrogens is 226 g/mol. The fourth-order valence-electron chi connectivity index (χ4n) is 2.18. The van der Waals surface area contributed by atoms with Crippen LogP contribution in [0.1, 0.15) is 32.0 Å². The highest BCUT2D eigenvalue weighted by Crippen LogP contribution is 2.14. The molecule has 0 aliphatic rings. The number of nitrogens with zero attached hydrogens (tertiary/aromatic N) is 1. The first-order valence-electron chi connectivity index (χ1n) is 6.55. The Morgan fingerprint density at radius 2 is 2.11 bits per heavy atom. The molecule has 18 heavy (non-hydrogen) atoms. The quantitative estimate of drug-likeness (QED) is 0.572. The van der Waals surface area contributed by atoms with Crippen LogP contribution in [-0.4, -0.2) is 24.2 Å². The summed E-state index contributed by atoms with van der Waals surface area (Å²) < 4.78 is 5.51. The largest absolute Gasteiger partial charge is 0.380 e. The zero-order valence-corrected chi connectivity index (χ0v) is 11.8. The fourth-order valence-corrected chi connectivity index (χ4v) is 2.18. The summed E-state index contributed by atoms with van der Waals surface area (Å²) in [5.74, 6) is 6.04. The highest BCUT2D eigenvalue weighted by Gasteiger charge is 2.23. The molecule has 0 saturated carbocycles. The summed E-state index contributed by atoms with van der Waals surface area (Å²) in [5.41, 5.74) is 5.14. The molecule has 0 bridgehead atoms. The monoisotopic (exact) mass is 251 g/mol. The van der Waals surface area contributed by atoms with E-state index in [0.29, 0.717) is 5.92 Å². The van der Waals surface area contributed by atoms with Crippen molar-refractivity contribution in [3.05, 3.63) is 29.6 Å². The van der Waals surface area contributed by atoms with Crippen LogP contribution in [0.15, 0.2) is 18.3 Å². The molecule has 0 amide bonds. The molecule has 0 aliphatic carbocycles. The van der Waals surface area contributed by atoms with Gasteiger partial charge < -0.3 is 4.74 Å². The van der Waals surface area contributed by atoms with Gasteiger partial charge in [0, 0.05) is 25.4 Å². The van der Waals surface area contributed by atoms with Gasteiger partial charge in [0.1, 0.15) is 0 Å². The van der Waals surface area contributed by atoms with Crippen molar-refractivity contribution in [1.82, 2.24) is 10.4 Å². The lowest BCUT2D eigenvalue weighted by Crippen LogP contribution is -2.48. The predicted molar refractivity (Wildman–Crippen MR) is 74.1 cm³/mol. The van der Waals surface area contributed by atoms with E-state index in [1.807, 2.05) is 6.20 Å². The van der Waals surface area contributed by atoms with E-state index >= 15 is 0 Å². The maximum Gasteiger partial charge on any atom is 0.0764 e. The number of hydrogen-bond acceptors (Lipinski definition) is 4. The van der Waals surface area contributed by atoms with Gasteiger partial charge >= 0.3 is 0 Å². The first-order chi connectivity index (χ1) is 8.62. The fraction of sp³-hybridized carbons (Fsp3) is 0.643. The SMILES string of the molecule is CCc1ccc(CC(NN)C(OC)C(C)C)nc1. The number of aromatic nitrogens is 1. The number of pyridine rings is 1. The summed E-state index contributed by atoms with van der Waals surface area (Å²) in [7, 11) is 1.72. The summed E-state index contributed by atoms with van der Waals surface area (Å²) in [5, 5.41) is 0. The zero-order chi connectivity index (χ0) is 13.5. The van der Waals surface area contributed by atoms with Crippen molar-refractivity contribution >= 4 is 0 Å². The Bertz CT molecular complexity index is 337. The van der Waals surface area contributed by atoms with Crippen LogP contribution in [0, 0.1) is 5.92 Å². The van der Waals surface area contributed by atoms with Crippen LogP contribution >= 0.6 is 0 Å². The summed E-state index contributed by atoms with van der Waals surface area (Å²) in [4.78, 5) is 4.46. The summed E-state index contributed by atoms with van der Waals surface area (Å²) in [6, 6.07) is 4.26. The molecule has 102 valence electrons. The molecule has 2 unspecified atom stereocenters. The third-order valence-electron chi connectivity index (χ3n) is 3.26. The van der Waals surface area contributed by atoms with Crippen LogP contribution in [0.2, 0.25) is 0 Å². The van der Waals surface area contributed by atoms with Crippen LogP contribution < -0.4 is 11.3 Å². The van der Waals surface area contributed by atoms with Crippen LogP contribution in [0.5, 0.6) is 0 Å². The minimum atomic E-state index is 0.0787. The van der Waals surface area contributed by atoms with Crippen LogP contribution in [-0.2, 0) is 17.6 Å². The minimum absolute atomic E-state index is 0.0787. The molecule has 4 nitrogen and oxygen atoms in total. The molecule has 0 fully saturated rings. The molecule has 1 aromatic rings. The van der Waals surface area contributed by atoms with Crippen LogP contribution in [0.25, 0.3) is 0 Å². The van der Waals surface area contributed by atoms with Gasteiger partial charge in [-0.3, -0.25) is 16.3 Å². The Kier molecular flexibility index (Phi) is 6.25. The lowest BCUT2D eigenvalue weighted by atomic mass is 9.96. The summed E-state index contributed by atoms with van der Waals surface area (Å²) >= 11 is 0. The number of hydrazine groups is 1. The molecule has 0 radical (unpaired) electrons. The number of hydrogen-bond donors (Lipinski definition) is 2. The lowest BCUT2D eigenvalue weighted by molar-refractivity contribution is 0.0329. The Labute approximate surface area is 110 Å². The molecule has 0 aromatic carbocycles. The van der Waals surface area contributed by atoms with Crippen molar-refractivity contribution in [2.75, 3.05) is 7.11 Å². The third kappa shape index (κ3) is 4.05. The molecule has 4 heteroatoms. The standard InChI is InChI=1S/C14H25N3O/c1-5-11-6-7-12(16-9-11)8-13(17-15)14(18-4)10(2)3/h6-7,9-10,13-14,17H,5,8,15H2,1-4H3. The van der Waals surface area contributed by atoms with Gasteiger partial charge in [-0.05, 0) is 24.0 Å². The maximum atomic E-state index is 5.63. The van der Waals surface area contributed by atoms with Gasteiger partial charge in [0.25, 0.3) is 0 Å². The Morgan fingerprint density at radius 3 is 2.50 bits per heavy atom. The van der Waals surface area contributed by atoms with Crippen molar-refractivity contribution in [3.63, 3.8) is 0 Å². The smallest absolute Gasteiger partial charge is 0.0764 e. The summed E-state index contributed by atoms with van der Waals surface area (Å²) in [6.45, 7) is 6.39. The Hall–Kier alpha value is -0.970. The van der Waals surface area contributed by atoms with E-state index in [1.54, 1.807) is 7.11 Å². The Morgan fingerprint density at radius 1 is 1.39 bits per heavy atom. The first-order valence-corrected chi connectivity index (χ1v) is 6.55. The number of methoxy groups -OCH3 is 1. The van der Waals surface area contributed by atoms with E-state index in [4.69, 9.17) is 10.6 Å². The van der Waals surface area contributed by atoms with E-state index in [0.717, 1.165) is 18.5 Å². The van der Waals surface area contributed by atoms with E-state index in [1.165, 1.54) is 5.56 Å². The van der Waals surface area contributed by atoms with Crippen molar-refractivity contribution in [2.45, 2.75) is 45.8 Å². The van der Waals surface area contributed by atoms with Gasteiger partial charge in [-0.15, -0.1) is 0 Å². The maximum absolute atomic E-state index is 5.63. The normalized spacial score (nSPS) is 14.8. The van der Waals surface area contributed by atoms with Crippen LogP contribution in [0.3, 0.4) is 0 Å². The molecule has 1 aromatic heterocycles. The lowest BCUT2D eigenvalue weighted by Gasteiger charge is -2.28. The van der Waals surface area contributed by atoms with E-state index < -0.39 is 0 Å². The number of ether oxygens (including phenoxy) is 1. The molecule has 1 heterocycles. The van der Waals surface area contributed by atoms with Gasteiger partial charge in [-0.1, -0.05) is 26.8 Å². The first kappa shape index (κ1) is 15.1. The number of nitrogens with one attached hydrogen (secondary N) is 1. The van der Waals surface area contributed by atoms with Gasteiger partial charge in [0.2, 0.25) is 0 Å². The van der Waals surface area contributed by atoms with Gasteiger partial charge in [0.05, 0.1) is 12.1 Å². The highest BCUT2D eigenvalue weighted by molar-refractivity contribution is 5.15. The average molecular weight is 251 g/mol. The predicted octanol–water partition coefficient (Wildman–Crippen LogP) is 1.69. The van der Waals surface area contributed by atoms with Gasteiger partial charge in [0.15, 0.2) is 0 Å². The number of aryl methyl sites for hydroxylation is 1.